The molecule has 1 aromatic rings. The van der Waals surface area contributed by atoms with E-state index in [1.165, 1.54) is 6.07 Å². The summed E-state index contributed by atoms with van der Waals surface area (Å²) < 4.78 is 46.2. The first-order valence-corrected chi connectivity index (χ1v) is 8.08. The van der Waals surface area contributed by atoms with Crippen molar-refractivity contribution in [3.63, 3.8) is 0 Å². The van der Waals surface area contributed by atoms with Crippen LogP contribution in [0.4, 0.5) is 13.2 Å². The number of nitrogens with zero attached hydrogens (tertiary/aromatic N) is 2. The maximum atomic E-state index is 12.2. The molecule has 0 aliphatic carbocycles. The predicted octanol–water partition coefficient (Wildman–Crippen LogP) is 2.13. The Bertz CT molecular complexity index is 595. The zero-order valence-corrected chi connectivity index (χ0v) is 14.4. The zero-order chi connectivity index (χ0) is 18.4. The Balaban J connectivity index is 1.89. The molecule has 1 atom stereocenters. The molecule has 1 aliphatic heterocycles. The van der Waals surface area contributed by atoms with Crippen molar-refractivity contribution >= 4 is 17.5 Å². The van der Waals surface area contributed by atoms with Gasteiger partial charge in [0.05, 0.1) is 18.8 Å². The van der Waals surface area contributed by atoms with Crippen LogP contribution in [-0.4, -0.2) is 67.5 Å². The summed E-state index contributed by atoms with van der Waals surface area (Å²) in [4.78, 5) is 18.1. The second-order valence-corrected chi connectivity index (χ2v) is 6.11. The van der Waals surface area contributed by atoms with Gasteiger partial charge in [-0.1, -0.05) is 11.6 Å². The number of amides is 1. The van der Waals surface area contributed by atoms with Crippen molar-refractivity contribution < 1.29 is 27.4 Å². The van der Waals surface area contributed by atoms with Crippen LogP contribution in [0.15, 0.2) is 12.3 Å². The minimum absolute atomic E-state index is 0.120. The van der Waals surface area contributed by atoms with Crippen LogP contribution in [0.2, 0.25) is 5.02 Å². The summed E-state index contributed by atoms with van der Waals surface area (Å²) in [6, 6.07) is 1.11. The van der Waals surface area contributed by atoms with E-state index in [-0.39, 0.29) is 22.5 Å². The molecule has 1 aromatic heterocycles. The molecule has 0 radical (unpaired) electrons. The zero-order valence-electron chi connectivity index (χ0n) is 13.6. The van der Waals surface area contributed by atoms with E-state index in [0.717, 1.165) is 19.3 Å². The molecule has 1 fully saturated rings. The molecule has 1 saturated heterocycles. The van der Waals surface area contributed by atoms with Crippen LogP contribution in [0.1, 0.15) is 17.3 Å². The van der Waals surface area contributed by atoms with E-state index < -0.39 is 18.7 Å². The highest BCUT2D eigenvalue weighted by Gasteiger charge is 2.29. The average molecular weight is 382 g/mol. The van der Waals surface area contributed by atoms with Gasteiger partial charge in [-0.15, -0.1) is 0 Å². The van der Waals surface area contributed by atoms with Crippen LogP contribution in [0.3, 0.4) is 0 Å². The van der Waals surface area contributed by atoms with Crippen molar-refractivity contribution in [2.45, 2.75) is 19.1 Å². The average Bonchev–Trinajstić information content (AvgIpc) is 2.53. The van der Waals surface area contributed by atoms with E-state index in [1.807, 2.05) is 6.92 Å². The molecule has 0 bridgehead atoms. The normalized spacial score (nSPS) is 17.2. The smallest absolute Gasteiger partial charge is 0.422 e. The Labute approximate surface area is 148 Å². The van der Waals surface area contributed by atoms with Gasteiger partial charge in [-0.3, -0.25) is 9.69 Å². The Morgan fingerprint density at radius 1 is 1.48 bits per heavy atom. The lowest BCUT2D eigenvalue weighted by molar-refractivity contribution is -0.154. The maximum absolute atomic E-state index is 12.2. The quantitative estimate of drug-likeness (QED) is 0.818. The topological polar surface area (TPSA) is 63.7 Å². The summed E-state index contributed by atoms with van der Waals surface area (Å²) in [5, 5.41) is 2.65. The third-order valence-corrected chi connectivity index (χ3v) is 3.73. The molecule has 1 amide bonds. The van der Waals surface area contributed by atoms with E-state index in [9.17, 15) is 18.0 Å². The van der Waals surface area contributed by atoms with Crippen LogP contribution in [0.25, 0.3) is 0 Å². The Hall–Kier alpha value is -1.58. The number of morpholine rings is 1. The minimum Gasteiger partial charge on any atom is -0.467 e. The van der Waals surface area contributed by atoms with Gasteiger partial charge in [0.2, 0.25) is 5.88 Å². The highest BCUT2D eigenvalue weighted by atomic mass is 35.5. The van der Waals surface area contributed by atoms with Gasteiger partial charge < -0.3 is 14.8 Å². The van der Waals surface area contributed by atoms with Gasteiger partial charge >= 0.3 is 6.18 Å². The second kappa shape index (κ2) is 8.68. The van der Waals surface area contributed by atoms with Gasteiger partial charge in [0.25, 0.3) is 5.91 Å². The van der Waals surface area contributed by atoms with Gasteiger partial charge in [-0.25, -0.2) is 4.98 Å². The summed E-state index contributed by atoms with van der Waals surface area (Å²) in [5.74, 6) is -0.769. The lowest BCUT2D eigenvalue weighted by atomic mass is 10.2. The Kier molecular flexibility index (Phi) is 6.86. The Morgan fingerprint density at radius 3 is 2.76 bits per heavy atom. The van der Waals surface area contributed by atoms with Gasteiger partial charge in [0.15, 0.2) is 6.61 Å². The van der Waals surface area contributed by atoms with E-state index >= 15 is 0 Å². The molecule has 2 rings (SSSR count). The lowest BCUT2D eigenvalue weighted by Crippen LogP contribution is -2.46. The standard InChI is InChI=1S/C15H19ClF3N3O3/c1-10(8-22-2-4-24-5-3-22)21-13(23)11-6-12(16)14(20-7-11)25-9-15(17,18)19/h6-7,10H,2-5,8-9H2,1H3,(H,21,23)/t10-/m1/s1. The lowest BCUT2D eigenvalue weighted by Gasteiger charge is -2.29. The molecule has 1 N–H and O–H groups in total. The number of pyridine rings is 1. The van der Waals surface area contributed by atoms with E-state index in [1.54, 1.807) is 0 Å². The van der Waals surface area contributed by atoms with E-state index in [0.29, 0.717) is 19.8 Å². The fourth-order valence-electron chi connectivity index (χ4n) is 2.33. The van der Waals surface area contributed by atoms with Crippen LogP contribution >= 0.6 is 11.6 Å². The SMILES string of the molecule is C[C@H](CN1CCOCC1)NC(=O)c1cnc(OCC(F)(F)F)c(Cl)c1. The van der Waals surface area contributed by atoms with Gasteiger partial charge in [-0.05, 0) is 13.0 Å². The molecular formula is C15H19ClF3N3O3. The highest BCUT2D eigenvalue weighted by Crippen LogP contribution is 2.25. The summed E-state index contributed by atoms with van der Waals surface area (Å²) in [6.45, 7) is 3.98. The minimum atomic E-state index is -4.49. The number of alkyl halides is 3. The van der Waals surface area contributed by atoms with Crippen LogP contribution < -0.4 is 10.1 Å². The molecule has 140 valence electrons. The van der Waals surface area contributed by atoms with Crippen molar-refractivity contribution in [2.24, 2.45) is 0 Å². The van der Waals surface area contributed by atoms with Crippen molar-refractivity contribution in [3.05, 3.63) is 22.8 Å². The first kappa shape index (κ1) is 19.7. The van der Waals surface area contributed by atoms with Crippen molar-refractivity contribution in [1.82, 2.24) is 15.2 Å². The number of hydrogen-bond acceptors (Lipinski definition) is 5. The molecule has 0 saturated carbocycles. The monoisotopic (exact) mass is 381 g/mol. The van der Waals surface area contributed by atoms with Crippen LogP contribution in [0.5, 0.6) is 5.88 Å². The van der Waals surface area contributed by atoms with Gasteiger partial charge in [0, 0.05) is 31.9 Å². The number of nitrogens with one attached hydrogen (secondary N) is 1. The highest BCUT2D eigenvalue weighted by molar-refractivity contribution is 6.32. The number of carbonyl (C=O) groups excluding carboxylic acids is 1. The fraction of sp³-hybridized carbons (Fsp3) is 0.600. The van der Waals surface area contributed by atoms with Gasteiger partial charge in [-0.2, -0.15) is 13.2 Å². The van der Waals surface area contributed by atoms with Crippen LogP contribution in [-0.2, 0) is 4.74 Å². The fourth-order valence-corrected chi connectivity index (χ4v) is 2.55. The number of rotatable bonds is 6. The number of ether oxygens (including phenoxy) is 2. The van der Waals surface area contributed by atoms with Crippen molar-refractivity contribution in [2.75, 3.05) is 39.5 Å². The molecule has 1 aliphatic rings. The maximum Gasteiger partial charge on any atom is 0.422 e. The van der Waals surface area contributed by atoms with E-state index in [2.05, 4.69) is 19.9 Å². The summed E-state index contributed by atoms with van der Waals surface area (Å²) in [7, 11) is 0. The van der Waals surface area contributed by atoms with Crippen molar-refractivity contribution in [3.8, 4) is 5.88 Å². The second-order valence-electron chi connectivity index (χ2n) is 5.70. The van der Waals surface area contributed by atoms with Gasteiger partial charge in [0.1, 0.15) is 5.02 Å². The number of halogens is 4. The van der Waals surface area contributed by atoms with E-state index in [4.69, 9.17) is 16.3 Å². The van der Waals surface area contributed by atoms with Crippen molar-refractivity contribution in [1.29, 1.82) is 0 Å². The third kappa shape index (κ3) is 6.68. The number of carbonyl (C=O) groups is 1. The largest absolute Gasteiger partial charge is 0.467 e. The first-order chi connectivity index (χ1) is 11.7. The molecule has 2 heterocycles. The molecule has 0 aromatic carbocycles. The third-order valence-electron chi connectivity index (χ3n) is 3.46. The number of hydrogen-bond donors (Lipinski definition) is 1. The molecule has 25 heavy (non-hydrogen) atoms. The number of aromatic nitrogens is 1. The Morgan fingerprint density at radius 2 is 2.16 bits per heavy atom. The first-order valence-electron chi connectivity index (χ1n) is 7.70. The molecule has 6 nitrogen and oxygen atoms in total. The molecular weight excluding hydrogens is 363 g/mol. The summed E-state index contributed by atoms with van der Waals surface area (Å²) in [5.41, 5.74) is 0.151. The molecule has 10 heteroatoms. The molecule has 0 spiro atoms. The predicted molar refractivity (Wildman–Crippen MR) is 85.0 cm³/mol. The molecule has 0 unspecified atom stereocenters. The summed E-state index contributed by atoms with van der Waals surface area (Å²) >= 11 is 5.84. The van der Waals surface area contributed by atoms with Crippen LogP contribution in [0, 0.1) is 0 Å². The summed E-state index contributed by atoms with van der Waals surface area (Å²) in [6.07, 6.45) is -3.36.